The molecule has 1 heterocycles. The monoisotopic (exact) mass is 370 g/mol. The number of nitrogens with one attached hydrogen (secondary N) is 2. The van der Waals surface area contributed by atoms with Crippen molar-refractivity contribution in [2.75, 3.05) is 17.7 Å². The third-order valence-electron chi connectivity index (χ3n) is 4.08. The average Bonchev–Trinajstić information content (AvgIpc) is 2.71. The molecule has 0 saturated carbocycles. The molecular weight excluding hydrogens is 352 g/mol. The van der Waals surface area contributed by atoms with Crippen molar-refractivity contribution in [3.63, 3.8) is 0 Å². The Morgan fingerprint density at radius 3 is 2.18 bits per heavy atom. The van der Waals surface area contributed by atoms with Gasteiger partial charge in [-0.3, -0.25) is 0 Å². The Bertz CT molecular complexity index is 1070. The summed E-state index contributed by atoms with van der Waals surface area (Å²) in [6.07, 6.45) is 1.63. The number of aryl methyl sites for hydroxylation is 2. The van der Waals surface area contributed by atoms with Gasteiger partial charge in [0.05, 0.1) is 29.5 Å². The van der Waals surface area contributed by atoms with E-state index in [0.29, 0.717) is 34.4 Å². The van der Waals surface area contributed by atoms with Crippen LogP contribution in [0.15, 0.2) is 42.6 Å². The maximum Gasteiger partial charge on any atom is 0.247 e. The van der Waals surface area contributed by atoms with Crippen LogP contribution in [0.3, 0.4) is 0 Å². The number of nitrogens with zero attached hydrogens (tertiary/aromatic N) is 4. The molecule has 1 aromatic heterocycles. The summed E-state index contributed by atoms with van der Waals surface area (Å²) in [5.41, 5.74) is 4.24. The van der Waals surface area contributed by atoms with E-state index in [-0.39, 0.29) is 0 Å². The molecule has 0 spiro atoms. The lowest BCUT2D eigenvalue weighted by atomic mass is 10.1. The molecule has 0 saturated heterocycles. The van der Waals surface area contributed by atoms with Crippen LogP contribution in [0, 0.1) is 36.5 Å². The molecule has 3 aromatic rings. The zero-order valence-electron chi connectivity index (χ0n) is 15.7. The van der Waals surface area contributed by atoms with E-state index in [1.54, 1.807) is 49.6 Å². The van der Waals surface area contributed by atoms with Gasteiger partial charge in [0.25, 0.3) is 0 Å². The summed E-state index contributed by atoms with van der Waals surface area (Å²) in [6.45, 7) is 3.78. The summed E-state index contributed by atoms with van der Waals surface area (Å²) in [6, 6.07) is 14.8. The topological polar surface area (TPSA) is 107 Å². The quantitative estimate of drug-likeness (QED) is 0.685. The van der Waals surface area contributed by atoms with Crippen LogP contribution in [0.4, 0.5) is 17.3 Å². The van der Waals surface area contributed by atoms with Crippen LogP contribution < -0.4 is 15.4 Å². The maximum absolute atomic E-state index is 9.11. The normalized spacial score (nSPS) is 9.89. The fourth-order valence-corrected chi connectivity index (χ4v) is 2.71. The lowest BCUT2D eigenvalue weighted by Gasteiger charge is -2.15. The molecule has 0 bridgehead atoms. The molecule has 0 fully saturated rings. The third kappa shape index (κ3) is 4.00. The standard InChI is InChI=1S/C21H18N6O/c1-13-8-16(11-23)9-14(2)19(13)28-20-18(24-3)12-25-21(27-20)26-17-6-4-15(10-22)5-7-17/h4-9,12,24H,1-3H3,(H,25,26,27). The number of rotatable bonds is 5. The van der Waals surface area contributed by atoms with Crippen LogP contribution in [0.1, 0.15) is 22.3 Å². The van der Waals surface area contributed by atoms with Gasteiger partial charge in [-0.1, -0.05) is 0 Å². The van der Waals surface area contributed by atoms with Crippen LogP contribution >= 0.6 is 0 Å². The summed E-state index contributed by atoms with van der Waals surface area (Å²) in [7, 11) is 1.76. The van der Waals surface area contributed by atoms with Gasteiger partial charge in [-0.05, 0) is 61.4 Å². The van der Waals surface area contributed by atoms with E-state index in [4.69, 9.17) is 15.3 Å². The van der Waals surface area contributed by atoms with Gasteiger partial charge < -0.3 is 15.4 Å². The minimum Gasteiger partial charge on any atom is -0.436 e. The highest BCUT2D eigenvalue weighted by atomic mass is 16.5. The second-order valence-corrected chi connectivity index (χ2v) is 6.13. The lowest BCUT2D eigenvalue weighted by molar-refractivity contribution is 0.458. The molecule has 2 aromatic carbocycles. The van der Waals surface area contributed by atoms with E-state index < -0.39 is 0 Å². The Morgan fingerprint density at radius 1 is 0.964 bits per heavy atom. The first-order valence-corrected chi connectivity index (χ1v) is 8.55. The molecule has 7 heteroatoms. The van der Waals surface area contributed by atoms with Crippen molar-refractivity contribution in [3.05, 3.63) is 64.8 Å². The van der Waals surface area contributed by atoms with E-state index >= 15 is 0 Å². The van der Waals surface area contributed by atoms with Crippen molar-refractivity contribution in [1.82, 2.24) is 9.97 Å². The molecule has 2 N–H and O–H groups in total. The first-order valence-electron chi connectivity index (χ1n) is 8.55. The maximum atomic E-state index is 9.11. The van der Waals surface area contributed by atoms with Crippen molar-refractivity contribution >= 4 is 17.3 Å². The van der Waals surface area contributed by atoms with Gasteiger partial charge in [0.15, 0.2) is 0 Å². The van der Waals surface area contributed by atoms with Crippen molar-refractivity contribution in [1.29, 1.82) is 10.5 Å². The number of hydrogen-bond donors (Lipinski definition) is 2. The average molecular weight is 370 g/mol. The van der Waals surface area contributed by atoms with Crippen LogP contribution in [-0.2, 0) is 0 Å². The SMILES string of the molecule is CNc1cnc(Nc2ccc(C#N)cc2)nc1Oc1c(C)cc(C#N)cc1C. The molecule has 0 unspecified atom stereocenters. The van der Waals surface area contributed by atoms with Crippen LogP contribution in [0.25, 0.3) is 0 Å². The Labute approximate surface area is 163 Å². The molecule has 28 heavy (non-hydrogen) atoms. The largest absolute Gasteiger partial charge is 0.436 e. The smallest absolute Gasteiger partial charge is 0.247 e. The first kappa shape index (κ1) is 18.7. The van der Waals surface area contributed by atoms with Gasteiger partial charge in [0.2, 0.25) is 11.8 Å². The van der Waals surface area contributed by atoms with Crippen LogP contribution in [-0.4, -0.2) is 17.0 Å². The summed E-state index contributed by atoms with van der Waals surface area (Å²) < 4.78 is 6.07. The Balaban J connectivity index is 1.91. The van der Waals surface area contributed by atoms with Crippen LogP contribution in [0.5, 0.6) is 11.6 Å². The van der Waals surface area contributed by atoms with E-state index in [2.05, 4.69) is 32.7 Å². The van der Waals surface area contributed by atoms with Gasteiger partial charge >= 0.3 is 0 Å². The molecule has 7 nitrogen and oxygen atoms in total. The number of aromatic nitrogens is 2. The zero-order valence-corrected chi connectivity index (χ0v) is 15.7. The summed E-state index contributed by atoms with van der Waals surface area (Å²) >= 11 is 0. The number of benzene rings is 2. The van der Waals surface area contributed by atoms with Crippen molar-refractivity contribution in [3.8, 4) is 23.8 Å². The molecule has 0 aliphatic carbocycles. The van der Waals surface area contributed by atoms with E-state index in [1.807, 2.05) is 13.8 Å². The van der Waals surface area contributed by atoms with Gasteiger partial charge in [-0.2, -0.15) is 15.5 Å². The highest BCUT2D eigenvalue weighted by Crippen LogP contribution is 2.33. The minimum atomic E-state index is 0.364. The first-order chi connectivity index (χ1) is 13.5. The predicted molar refractivity (Wildman–Crippen MR) is 107 cm³/mol. The number of anilines is 3. The summed E-state index contributed by atoms with van der Waals surface area (Å²) in [5.74, 6) is 1.38. The molecule has 0 aliphatic rings. The molecule has 3 rings (SSSR count). The lowest BCUT2D eigenvalue weighted by Crippen LogP contribution is -2.03. The number of ether oxygens (including phenoxy) is 1. The second-order valence-electron chi connectivity index (χ2n) is 6.13. The fourth-order valence-electron chi connectivity index (χ4n) is 2.71. The van der Waals surface area contributed by atoms with Crippen molar-refractivity contribution < 1.29 is 4.74 Å². The molecule has 138 valence electrons. The Morgan fingerprint density at radius 2 is 1.61 bits per heavy atom. The minimum absolute atomic E-state index is 0.364. The van der Waals surface area contributed by atoms with Crippen molar-refractivity contribution in [2.24, 2.45) is 0 Å². The molecule has 0 amide bonds. The molecular formula is C21H18N6O. The zero-order chi connectivity index (χ0) is 20.1. The Hall–Kier alpha value is -4.10. The molecule has 0 atom stereocenters. The molecule has 0 aliphatic heterocycles. The van der Waals surface area contributed by atoms with Gasteiger partial charge in [-0.25, -0.2) is 4.98 Å². The summed E-state index contributed by atoms with van der Waals surface area (Å²) in [5, 5.41) is 24.1. The number of nitriles is 2. The van der Waals surface area contributed by atoms with Gasteiger partial charge in [0, 0.05) is 12.7 Å². The van der Waals surface area contributed by atoms with Crippen molar-refractivity contribution in [2.45, 2.75) is 13.8 Å². The van der Waals surface area contributed by atoms with E-state index in [9.17, 15) is 0 Å². The number of hydrogen-bond acceptors (Lipinski definition) is 7. The second kappa shape index (κ2) is 8.07. The Kier molecular flexibility index (Phi) is 5.38. The van der Waals surface area contributed by atoms with Crippen LogP contribution in [0.2, 0.25) is 0 Å². The highest BCUT2D eigenvalue weighted by molar-refractivity contribution is 5.60. The predicted octanol–water partition coefficient (Wildman–Crippen LogP) is 4.41. The highest BCUT2D eigenvalue weighted by Gasteiger charge is 2.13. The van der Waals surface area contributed by atoms with E-state index in [0.717, 1.165) is 16.8 Å². The van der Waals surface area contributed by atoms with Gasteiger partial charge in [-0.15, -0.1) is 0 Å². The third-order valence-corrected chi connectivity index (χ3v) is 4.08. The fraction of sp³-hybridized carbons (Fsp3) is 0.143. The molecule has 0 radical (unpaired) electrons. The van der Waals surface area contributed by atoms with Gasteiger partial charge in [0.1, 0.15) is 11.4 Å². The summed E-state index contributed by atoms with van der Waals surface area (Å²) in [4.78, 5) is 8.75. The van der Waals surface area contributed by atoms with E-state index in [1.165, 1.54) is 0 Å².